The van der Waals surface area contributed by atoms with Gasteiger partial charge in [0.1, 0.15) is 0 Å². The van der Waals surface area contributed by atoms with E-state index in [0.29, 0.717) is 4.31 Å². The van der Waals surface area contributed by atoms with E-state index in [-0.39, 0.29) is 17.9 Å². The van der Waals surface area contributed by atoms with Crippen molar-refractivity contribution in [3.8, 4) is 11.5 Å². The molecule has 1 aromatic carbocycles. The predicted octanol–water partition coefficient (Wildman–Crippen LogP) is -0.134. The molecule has 0 aromatic heterocycles. The van der Waals surface area contributed by atoms with Gasteiger partial charge < -0.3 is 15.3 Å². The minimum absolute atomic E-state index is 0.218. The number of aliphatic hydroxyl groups is 1. The topological polar surface area (TPSA) is 118 Å². The van der Waals surface area contributed by atoms with Crippen molar-refractivity contribution in [3.63, 3.8) is 0 Å². The van der Waals surface area contributed by atoms with Gasteiger partial charge in [-0.15, -0.1) is 0 Å². The van der Waals surface area contributed by atoms with E-state index in [4.69, 9.17) is 9.66 Å². The molecule has 1 aromatic rings. The second kappa shape index (κ2) is 4.88. The summed E-state index contributed by atoms with van der Waals surface area (Å²) in [6.45, 7) is -0.372. The van der Waals surface area contributed by atoms with Crippen LogP contribution in [0.5, 0.6) is 11.5 Å². The third-order valence-corrected chi connectivity index (χ3v) is 3.14. The fraction of sp³-hybridized carbons (Fsp3) is 0.333. The van der Waals surface area contributed by atoms with Gasteiger partial charge >= 0.3 is 10.3 Å². The third-order valence-electron chi connectivity index (χ3n) is 2.21. The normalized spacial score (nSPS) is 13.9. The van der Waals surface area contributed by atoms with Gasteiger partial charge in [-0.05, 0) is 17.7 Å². The van der Waals surface area contributed by atoms with Gasteiger partial charge in [0, 0.05) is 13.6 Å². The lowest BCUT2D eigenvalue weighted by Crippen LogP contribution is -2.30. The molecule has 0 spiro atoms. The largest absolute Gasteiger partial charge is 0.504 e. The first kappa shape index (κ1) is 13.7. The number of aromatic hydroxyl groups is 2. The third kappa shape index (κ3) is 3.56. The van der Waals surface area contributed by atoms with E-state index >= 15 is 0 Å². The van der Waals surface area contributed by atoms with Crippen molar-refractivity contribution in [2.75, 3.05) is 13.6 Å². The molecule has 0 amide bonds. The van der Waals surface area contributed by atoms with E-state index in [1.807, 2.05) is 0 Å². The van der Waals surface area contributed by atoms with Crippen LogP contribution in [0.2, 0.25) is 0 Å². The Kier molecular flexibility index (Phi) is 3.94. The van der Waals surface area contributed by atoms with Gasteiger partial charge in [0.15, 0.2) is 11.5 Å². The van der Waals surface area contributed by atoms with E-state index in [1.54, 1.807) is 0 Å². The average Bonchev–Trinajstić information content (AvgIpc) is 2.20. The molecule has 0 aliphatic heterocycles. The Balaban J connectivity index is 2.83. The van der Waals surface area contributed by atoms with Gasteiger partial charge in [-0.3, -0.25) is 4.55 Å². The van der Waals surface area contributed by atoms with Crippen LogP contribution in [0.25, 0.3) is 0 Å². The molecule has 7 nitrogen and oxygen atoms in total. The zero-order chi connectivity index (χ0) is 13.2. The quantitative estimate of drug-likeness (QED) is 0.444. The molecular weight excluding hydrogens is 250 g/mol. The maximum Gasteiger partial charge on any atom is 0.335 e. The van der Waals surface area contributed by atoms with Crippen molar-refractivity contribution in [2.24, 2.45) is 0 Å². The van der Waals surface area contributed by atoms with Gasteiger partial charge in [0.05, 0.1) is 6.10 Å². The monoisotopic (exact) mass is 263 g/mol. The molecule has 0 aliphatic carbocycles. The summed E-state index contributed by atoms with van der Waals surface area (Å²) in [6, 6.07) is 3.61. The van der Waals surface area contributed by atoms with Crippen LogP contribution < -0.4 is 0 Å². The van der Waals surface area contributed by atoms with Crippen molar-refractivity contribution in [3.05, 3.63) is 23.8 Å². The number of nitrogens with zero attached hydrogens (tertiary/aromatic N) is 1. The summed E-state index contributed by atoms with van der Waals surface area (Å²) in [5.74, 6) is -0.764. The van der Waals surface area contributed by atoms with Crippen molar-refractivity contribution < 1.29 is 28.3 Å². The van der Waals surface area contributed by atoms with Crippen molar-refractivity contribution >= 4 is 10.3 Å². The minimum Gasteiger partial charge on any atom is -0.504 e. The fourth-order valence-electron chi connectivity index (χ4n) is 1.19. The van der Waals surface area contributed by atoms with E-state index in [9.17, 15) is 18.6 Å². The first-order chi connectivity index (χ1) is 7.71. The van der Waals surface area contributed by atoms with Gasteiger partial charge in [-0.1, -0.05) is 6.07 Å². The summed E-state index contributed by atoms with van der Waals surface area (Å²) < 4.78 is 30.6. The molecule has 1 atom stereocenters. The number of phenolic OH excluding ortho intramolecular Hbond substituents is 2. The molecule has 0 fully saturated rings. The lowest BCUT2D eigenvalue weighted by molar-refractivity contribution is 0.151. The smallest absolute Gasteiger partial charge is 0.335 e. The summed E-state index contributed by atoms with van der Waals surface area (Å²) in [6.07, 6.45) is -1.23. The maximum absolute atomic E-state index is 10.7. The molecule has 4 N–H and O–H groups in total. The van der Waals surface area contributed by atoms with Crippen molar-refractivity contribution in [1.29, 1.82) is 0 Å². The van der Waals surface area contributed by atoms with E-state index in [0.717, 1.165) is 13.1 Å². The highest BCUT2D eigenvalue weighted by Gasteiger charge is 2.19. The zero-order valence-corrected chi connectivity index (χ0v) is 9.79. The van der Waals surface area contributed by atoms with Crippen molar-refractivity contribution in [2.45, 2.75) is 6.10 Å². The van der Waals surface area contributed by atoms with Crippen LogP contribution in [0.15, 0.2) is 18.2 Å². The molecule has 0 heterocycles. The first-order valence-corrected chi connectivity index (χ1v) is 6.00. The number of hydrogen-bond donors (Lipinski definition) is 4. The molecular formula is C9H13NO6S. The maximum atomic E-state index is 10.7. The summed E-state index contributed by atoms with van der Waals surface area (Å²) in [5, 5.41) is 27.9. The summed E-state index contributed by atoms with van der Waals surface area (Å²) >= 11 is 0. The van der Waals surface area contributed by atoms with Crippen LogP contribution >= 0.6 is 0 Å². The first-order valence-electron chi connectivity index (χ1n) is 4.60. The second-order valence-corrected chi connectivity index (χ2v) is 5.04. The molecule has 0 bridgehead atoms. The fourth-order valence-corrected chi connectivity index (χ4v) is 1.52. The number of benzene rings is 1. The number of phenols is 2. The van der Waals surface area contributed by atoms with Crippen molar-refractivity contribution in [1.82, 2.24) is 4.31 Å². The Morgan fingerprint density at radius 1 is 1.29 bits per heavy atom. The van der Waals surface area contributed by atoms with Crippen LogP contribution in [-0.4, -0.2) is 46.2 Å². The van der Waals surface area contributed by atoms with Crippen LogP contribution in [0, 0.1) is 0 Å². The lowest BCUT2D eigenvalue weighted by atomic mass is 10.1. The molecule has 96 valence electrons. The molecule has 0 saturated heterocycles. The number of aliphatic hydroxyl groups excluding tert-OH is 1. The van der Waals surface area contributed by atoms with E-state index in [1.165, 1.54) is 12.1 Å². The Labute approximate surface area is 98.4 Å². The SMILES string of the molecule is CN(CC(O)c1ccc(O)c(O)c1)S(=O)(=O)O. The minimum atomic E-state index is -4.36. The highest BCUT2D eigenvalue weighted by Crippen LogP contribution is 2.28. The van der Waals surface area contributed by atoms with Crippen LogP contribution in [0.3, 0.4) is 0 Å². The van der Waals surface area contributed by atoms with Gasteiger partial charge in [-0.25, -0.2) is 0 Å². The molecule has 1 rings (SSSR count). The number of rotatable bonds is 4. The van der Waals surface area contributed by atoms with Gasteiger partial charge in [0.25, 0.3) is 0 Å². The predicted molar refractivity (Wildman–Crippen MR) is 58.9 cm³/mol. The summed E-state index contributed by atoms with van der Waals surface area (Å²) in [5.41, 5.74) is 0.218. The highest BCUT2D eigenvalue weighted by atomic mass is 32.2. The standard InChI is InChI=1S/C9H13NO6S/c1-10(17(14,15)16)5-9(13)6-2-3-7(11)8(12)4-6/h2-4,9,11-13H,5H2,1H3,(H,14,15,16). The van der Waals surface area contributed by atoms with Gasteiger partial charge in [-0.2, -0.15) is 12.7 Å². The molecule has 17 heavy (non-hydrogen) atoms. The summed E-state index contributed by atoms with van der Waals surface area (Å²) in [4.78, 5) is 0. The Hall–Kier alpha value is -1.35. The second-order valence-electron chi connectivity index (χ2n) is 3.52. The Bertz CT molecular complexity index is 500. The zero-order valence-electron chi connectivity index (χ0n) is 8.98. The molecule has 0 aliphatic rings. The summed E-state index contributed by atoms with van der Waals surface area (Å²) in [7, 11) is -3.27. The Morgan fingerprint density at radius 2 is 1.88 bits per heavy atom. The van der Waals surface area contributed by atoms with E-state index < -0.39 is 22.2 Å². The molecule has 8 heteroatoms. The van der Waals surface area contributed by atoms with Crippen LogP contribution in [0.1, 0.15) is 11.7 Å². The van der Waals surface area contributed by atoms with E-state index in [2.05, 4.69) is 0 Å². The highest BCUT2D eigenvalue weighted by molar-refractivity contribution is 7.83. The molecule has 0 saturated carbocycles. The van der Waals surface area contributed by atoms with Gasteiger partial charge in [0.2, 0.25) is 0 Å². The van der Waals surface area contributed by atoms with Crippen LogP contribution in [0.4, 0.5) is 0 Å². The van der Waals surface area contributed by atoms with Crippen LogP contribution in [-0.2, 0) is 10.3 Å². The lowest BCUT2D eigenvalue weighted by Gasteiger charge is -2.17. The number of hydrogen-bond acceptors (Lipinski definition) is 5. The average molecular weight is 263 g/mol. The number of likely N-dealkylation sites (N-methyl/N-ethyl adjacent to an activating group) is 1. The molecule has 1 unspecified atom stereocenters. The molecule has 0 radical (unpaired) electrons. The Morgan fingerprint density at radius 3 is 2.35 bits per heavy atom.